The summed E-state index contributed by atoms with van der Waals surface area (Å²) in [6.45, 7) is 1.38. The summed E-state index contributed by atoms with van der Waals surface area (Å²) < 4.78 is 45.4. The largest absolute Gasteiger partial charge is 0.494 e. The molecule has 1 aromatic carbocycles. The minimum atomic E-state index is -3.90. The number of hydrogen-bond acceptors (Lipinski definition) is 4. The number of hydrogen-bond donors (Lipinski definition) is 1. The van der Waals surface area contributed by atoms with Crippen molar-refractivity contribution in [2.45, 2.75) is 11.8 Å². The molecule has 0 fully saturated rings. The Morgan fingerprint density at radius 2 is 2.00 bits per heavy atom. The highest BCUT2D eigenvalue weighted by molar-refractivity contribution is 7.92. The van der Waals surface area contributed by atoms with E-state index in [-0.39, 0.29) is 22.0 Å². The predicted molar refractivity (Wildman–Crippen MR) is 72.7 cm³/mol. The number of rotatable bonds is 4. The summed E-state index contributed by atoms with van der Waals surface area (Å²) in [6.07, 6.45) is 1.46. The zero-order chi connectivity index (χ0) is 14.8. The number of halogens is 1. The smallest absolute Gasteiger partial charge is 0.263 e. The molecule has 0 bridgehead atoms. The molecule has 0 radical (unpaired) electrons. The zero-order valence-electron chi connectivity index (χ0n) is 10.9. The molecule has 1 aromatic heterocycles. The number of nitrogens with one attached hydrogen (secondary N) is 1. The highest BCUT2D eigenvalue weighted by atomic mass is 32.2. The van der Waals surface area contributed by atoms with Crippen LogP contribution in [0.2, 0.25) is 0 Å². The lowest BCUT2D eigenvalue weighted by atomic mass is 10.2. The van der Waals surface area contributed by atoms with E-state index < -0.39 is 15.8 Å². The maximum atomic E-state index is 13.9. The van der Waals surface area contributed by atoms with Crippen LogP contribution in [0.5, 0.6) is 5.75 Å². The molecule has 2 aromatic rings. The monoisotopic (exact) mass is 296 g/mol. The van der Waals surface area contributed by atoms with Crippen molar-refractivity contribution in [1.29, 1.82) is 0 Å². The molecule has 106 valence electrons. The Balaban J connectivity index is 2.43. The maximum Gasteiger partial charge on any atom is 0.263 e. The molecule has 1 heterocycles. The standard InChI is InChI=1S/C13H13FN2O3S/c1-9-11(7-6-10(19-2)13(9)14)20(17,18)16-12-5-3-4-8-15-12/h3-8H,1-2H3,(H,15,16). The van der Waals surface area contributed by atoms with E-state index in [0.717, 1.165) is 0 Å². The molecule has 0 aliphatic carbocycles. The zero-order valence-corrected chi connectivity index (χ0v) is 11.7. The lowest BCUT2D eigenvalue weighted by Crippen LogP contribution is -2.15. The molecule has 5 nitrogen and oxygen atoms in total. The molecule has 0 spiro atoms. The molecule has 2 rings (SSSR count). The van der Waals surface area contributed by atoms with Crippen LogP contribution in [0, 0.1) is 12.7 Å². The average molecular weight is 296 g/mol. The van der Waals surface area contributed by atoms with Crippen LogP contribution in [0.15, 0.2) is 41.4 Å². The Morgan fingerprint density at radius 3 is 2.60 bits per heavy atom. The summed E-state index contributed by atoms with van der Waals surface area (Å²) in [6, 6.07) is 7.38. The van der Waals surface area contributed by atoms with Gasteiger partial charge in [0.25, 0.3) is 10.0 Å². The lowest BCUT2D eigenvalue weighted by molar-refractivity contribution is 0.384. The third kappa shape index (κ3) is 2.72. The summed E-state index contributed by atoms with van der Waals surface area (Å²) in [4.78, 5) is 3.72. The predicted octanol–water partition coefficient (Wildman–Crippen LogP) is 2.34. The maximum absolute atomic E-state index is 13.9. The SMILES string of the molecule is COc1ccc(S(=O)(=O)Nc2ccccn2)c(C)c1F. The second-order valence-corrected chi connectivity index (χ2v) is 5.68. The number of nitrogens with zero attached hydrogens (tertiary/aromatic N) is 1. The third-order valence-corrected chi connectivity index (χ3v) is 4.21. The molecular formula is C13H13FN2O3S. The van der Waals surface area contributed by atoms with Crippen molar-refractivity contribution in [1.82, 2.24) is 4.98 Å². The molecule has 7 heteroatoms. The fraction of sp³-hybridized carbons (Fsp3) is 0.154. The van der Waals surface area contributed by atoms with E-state index in [1.54, 1.807) is 12.1 Å². The fourth-order valence-corrected chi connectivity index (χ4v) is 2.95. The van der Waals surface area contributed by atoms with Gasteiger partial charge >= 0.3 is 0 Å². The van der Waals surface area contributed by atoms with Gasteiger partial charge in [0.1, 0.15) is 5.82 Å². The molecule has 0 atom stereocenters. The highest BCUT2D eigenvalue weighted by Gasteiger charge is 2.21. The van der Waals surface area contributed by atoms with Crippen LogP contribution in [0.1, 0.15) is 5.56 Å². The van der Waals surface area contributed by atoms with Crippen molar-refractivity contribution in [2.24, 2.45) is 0 Å². The Hall–Kier alpha value is -2.15. The summed E-state index contributed by atoms with van der Waals surface area (Å²) in [5, 5.41) is 0. The van der Waals surface area contributed by atoms with Crippen molar-refractivity contribution in [3.05, 3.63) is 47.9 Å². The van der Waals surface area contributed by atoms with Crippen molar-refractivity contribution in [3.8, 4) is 5.75 Å². The first kappa shape index (κ1) is 14.3. The van der Waals surface area contributed by atoms with Crippen LogP contribution in [0.3, 0.4) is 0 Å². The van der Waals surface area contributed by atoms with Gasteiger partial charge in [-0.15, -0.1) is 0 Å². The summed E-state index contributed by atoms with van der Waals surface area (Å²) in [7, 11) is -2.58. The second-order valence-electron chi connectivity index (χ2n) is 4.03. The summed E-state index contributed by atoms with van der Waals surface area (Å²) >= 11 is 0. The number of benzene rings is 1. The topological polar surface area (TPSA) is 68.3 Å². The second kappa shape index (κ2) is 5.46. The van der Waals surface area contributed by atoms with E-state index in [2.05, 4.69) is 9.71 Å². The summed E-state index contributed by atoms with van der Waals surface area (Å²) in [5.74, 6) is -0.529. The Morgan fingerprint density at radius 1 is 1.25 bits per heavy atom. The molecule has 0 saturated heterocycles. The molecule has 0 amide bonds. The molecule has 0 saturated carbocycles. The van der Waals surface area contributed by atoms with Crippen LogP contribution in [-0.2, 0) is 10.0 Å². The van der Waals surface area contributed by atoms with E-state index in [1.165, 1.54) is 38.4 Å². The quantitative estimate of drug-likeness (QED) is 0.940. The molecule has 1 N–H and O–H groups in total. The number of ether oxygens (including phenoxy) is 1. The summed E-state index contributed by atoms with van der Waals surface area (Å²) in [5.41, 5.74) is -0.00668. The van der Waals surface area contributed by atoms with Crippen LogP contribution in [0.4, 0.5) is 10.2 Å². The average Bonchev–Trinajstić information content (AvgIpc) is 2.42. The van der Waals surface area contributed by atoms with Gasteiger partial charge in [-0.3, -0.25) is 4.72 Å². The minimum absolute atomic E-state index is 0.000661. The van der Waals surface area contributed by atoms with E-state index in [1.807, 2.05) is 0 Å². The number of aromatic nitrogens is 1. The highest BCUT2D eigenvalue weighted by Crippen LogP contribution is 2.26. The number of methoxy groups -OCH3 is 1. The fourth-order valence-electron chi connectivity index (χ4n) is 1.71. The van der Waals surface area contributed by atoms with Gasteiger partial charge in [0.15, 0.2) is 11.6 Å². The van der Waals surface area contributed by atoms with E-state index >= 15 is 0 Å². The Labute approximate surface area is 116 Å². The van der Waals surface area contributed by atoms with Gasteiger partial charge in [0.05, 0.1) is 12.0 Å². The minimum Gasteiger partial charge on any atom is -0.494 e. The van der Waals surface area contributed by atoms with Gasteiger partial charge in [-0.05, 0) is 31.2 Å². The van der Waals surface area contributed by atoms with Gasteiger partial charge in [-0.2, -0.15) is 0 Å². The first-order chi connectivity index (χ1) is 9.45. The van der Waals surface area contributed by atoms with Gasteiger partial charge in [0, 0.05) is 11.8 Å². The molecule has 0 aliphatic rings. The molecule has 20 heavy (non-hydrogen) atoms. The Bertz CT molecular complexity index is 718. The Kier molecular flexibility index (Phi) is 3.89. The van der Waals surface area contributed by atoms with Crippen LogP contribution in [-0.4, -0.2) is 20.5 Å². The van der Waals surface area contributed by atoms with Crippen LogP contribution >= 0.6 is 0 Å². The van der Waals surface area contributed by atoms with Crippen molar-refractivity contribution in [3.63, 3.8) is 0 Å². The van der Waals surface area contributed by atoms with Gasteiger partial charge in [-0.1, -0.05) is 6.07 Å². The van der Waals surface area contributed by atoms with E-state index in [9.17, 15) is 12.8 Å². The normalized spacial score (nSPS) is 11.2. The first-order valence-corrected chi connectivity index (χ1v) is 7.21. The van der Waals surface area contributed by atoms with Crippen molar-refractivity contribution < 1.29 is 17.5 Å². The lowest BCUT2D eigenvalue weighted by Gasteiger charge is -2.12. The number of sulfonamides is 1. The number of anilines is 1. The van der Waals surface area contributed by atoms with Gasteiger partial charge in [0.2, 0.25) is 0 Å². The molecule has 0 aliphatic heterocycles. The van der Waals surface area contributed by atoms with Gasteiger partial charge < -0.3 is 4.74 Å². The molecular weight excluding hydrogens is 283 g/mol. The van der Waals surface area contributed by atoms with Crippen molar-refractivity contribution >= 4 is 15.8 Å². The van der Waals surface area contributed by atoms with Crippen LogP contribution < -0.4 is 9.46 Å². The van der Waals surface area contributed by atoms with Crippen LogP contribution in [0.25, 0.3) is 0 Å². The van der Waals surface area contributed by atoms with Gasteiger partial charge in [-0.25, -0.2) is 17.8 Å². The number of pyridine rings is 1. The molecule has 0 unspecified atom stereocenters. The van der Waals surface area contributed by atoms with Crippen molar-refractivity contribution in [2.75, 3.05) is 11.8 Å². The van der Waals surface area contributed by atoms with E-state index in [4.69, 9.17) is 4.74 Å². The first-order valence-electron chi connectivity index (χ1n) is 5.72. The third-order valence-electron chi connectivity index (χ3n) is 2.71. The van der Waals surface area contributed by atoms with E-state index in [0.29, 0.717) is 0 Å².